The highest BCUT2D eigenvalue weighted by Crippen LogP contribution is 2.37. The third-order valence-corrected chi connectivity index (χ3v) is 3.04. The van der Waals surface area contributed by atoms with Gasteiger partial charge in [0.25, 0.3) is 0 Å². The predicted octanol–water partition coefficient (Wildman–Crippen LogP) is 2.29. The van der Waals surface area contributed by atoms with Gasteiger partial charge in [-0.3, -0.25) is 0 Å². The summed E-state index contributed by atoms with van der Waals surface area (Å²) in [7, 11) is 0. The van der Waals surface area contributed by atoms with Crippen molar-refractivity contribution in [2.24, 2.45) is 0 Å². The monoisotopic (exact) mass is 116 g/mol. The number of thioether (sulfide) groups is 1. The highest BCUT2D eigenvalue weighted by atomic mass is 32.2. The zero-order chi connectivity index (χ0) is 5.28. The summed E-state index contributed by atoms with van der Waals surface area (Å²) in [4.78, 5) is 0. The van der Waals surface area contributed by atoms with Gasteiger partial charge in [0.15, 0.2) is 0 Å². The fourth-order valence-electron chi connectivity index (χ4n) is 0.951. The molecule has 1 fully saturated rings. The van der Waals surface area contributed by atoms with E-state index in [2.05, 4.69) is 25.6 Å². The molecule has 0 amide bonds. The highest BCUT2D eigenvalue weighted by molar-refractivity contribution is 8.01. The Bertz CT molecular complexity index is 55.2. The molecule has 2 atom stereocenters. The van der Waals surface area contributed by atoms with Gasteiger partial charge in [0.05, 0.1) is 0 Å². The summed E-state index contributed by atoms with van der Waals surface area (Å²) >= 11 is 2.13. The van der Waals surface area contributed by atoms with E-state index >= 15 is 0 Å². The first-order chi connectivity index (χ1) is 3.33. The van der Waals surface area contributed by atoms with Gasteiger partial charge in [-0.15, -0.1) is 0 Å². The van der Waals surface area contributed by atoms with Gasteiger partial charge in [0.2, 0.25) is 0 Å². The number of hydrogen-bond acceptors (Lipinski definition) is 1. The Morgan fingerprint density at radius 1 is 1.71 bits per heavy atom. The van der Waals surface area contributed by atoms with Gasteiger partial charge in [-0.1, -0.05) is 13.8 Å². The van der Waals surface area contributed by atoms with E-state index < -0.39 is 0 Å². The van der Waals surface area contributed by atoms with Crippen molar-refractivity contribution in [3.8, 4) is 0 Å². The van der Waals surface area contributed by atoms with Crippen LogP contribution in [0, 0.1) is 0 Å². The van der Waals surface area contributed by atoms with Gasteiger partial charge >= 0.3 is 0 Å². The van der Waals surface area contributed by atoms with Crippen LogP contribution in [0.15, 0.2) is 0 Å². The zero-order valence-electron chi connectivity index (χ0n) is 4.98. The van der Waals surface area contributed by atoms with Crippen LogP contribution < -0.4 is 0 Å². The molecule has 0 radical (unpaired) electrons. The minimum atomic E-state index is 0.963. The Kier molecular flexibility index (Phi) is 1.63. The summed E-state index contributed by atoms with van der Waals surface area (Å²) in [6.07, 6.45) is 2.83. The van der Waals surface area contributed by atoms with Crippen LogP contribution in [0.2, 0.25) is 0 Å². The quantitative estimate of drug-likeness (QED) is 0.506. The summed E-state index contributed by atoms with van der Waals surface area (Å²) in [5, 5.41) is 1.97. The van der Waals surface area contributed by atoms with E-state index in [4.69, 9.17) is 0 Å². The SMILES string of the molecule is CC[C@H]1C[C@@H](C)S1. The molecule has 1 aliphatic heterocycles. The molecule has 0 unspecified atom stereocenters. The largest absolute Gasteiger partial charge is 0.155 e. The van der Waals surface area contributed by atoms with Gasteiger partial charge in [-0.05, 0) is 12.8 Å². The lowest BCUT2D eigenvalue weighted by molar-refractivity contribution is 0.676. The molecular formula is C6H12S. The molecule has 0 nitrogen and oxygen atoms in total. The van der Waals surface area contributed by atoms with E-state index in [9.17, 15) is 0 Å². The lowest BCUT2D eigenvalue weighted by atomic mass is 10.2. The van der Waals surface area contributed by atoms with Gasteiger partial charge in [-0.25, -0.2) is 0 Å². The van der Waals surface area contributed by atoms with Crippen LogP contribution in [0.3, 0.4) is 0 Å². The lowest BCUT2D eigenvalue weighted by Gasteiger charge is -2.30. The third kappa shape index (κ3) is 1.12. The minimum absolute atomic E-state index is 0.963. The summed E-state index contributed by atoms with van der Waals surface area (Å²) < 4.78 is 0. The van der Waals surface area contributed by atoms with Crippen molar-refractivity contribution in [1.29, 1.82) is 0 Å². The van der Waals surface area contributed by atoms with E-state index in [1.165, 1.54) is 12.8 Å². The van der Waals surface area contributed by atoms with Gasteiger partial charge < -0.3 is 0 Å². The first-order valence-corrected chi connectivity index (χ1v) is 3.92. The highest BCUT2D eigenvalue weighted by Gasteiger charge is 2.23. The molecule has 1 heterocycles. The average Bonchev–Trinajstić information content (AvgIpc) is 1.58. The maximum Gasteiger partial charge on any atom is 0.00575 e. The van der Waals surface area contributed by atoms with Crippen molar-refractivity contribution < 1.29 is 0 Å². The van der Waals surface area contributed by atoms with Crippen LogP contribution >= 0.6 is 11.8 Å². The molecule has 7 heavy (non-hydrogen) atoms. The molecular weight excluding hydrogens is 104 g/mol. The fourth-order valence-corrected chi connectivity index (χ4v) is 2.18. The molecule has 0 aromatic rings. The van der Waals surface area contributed by atoms with Crippen LogP contribution in [-0.4, -0.2) is 10.5 Å². The van der Waals surface area contributed by atoms with Crippen molar-refractivity contribution in [3.05, 3.63) is 0 Å². The summed E-state index contributed by atoms with van der Waals surface area (Å²) in [5.74, 6) is 0. The van der Waals surface area contributed by atoms with Crippen LogP contribution in [0.4, 0.5) is 0 Å². The Balaban J connectivity index is 2.06. The maximum absolute atomic E-state index is 2.30. The van der Waals surface area contributed by atoms with Crippen LogP contribution in [0.1, 0.15) is 26.7 Å². The van der Waals surface area contributed by atoms with E-state index in [0.717, 1.165) is 10.5 Å². The Labute approximate surface area is 49.7 Å². The molecule has 0 N–H and O–H groups in total. The average molecular weight is 116 g/mol. The molecule has 1 aliphatic rings. The standard InChI is InChI=1S/C6H12S/c1-3-6-4-5(2)7-6/h5-6H,3-4H2,1-2H3/t5-,6+/m1/s1. The van der Waals surface area contributed by atoms with E-state index in [-0.39, 0.29) is 0 Å². The van der Waals surface area contributed by atoms with Gasteiger partial charge in [0, 0.05) is 10.5 Å². The van der Waals surface area contributed by atoms with E-state index in [0.29, 0.717) is 0 Å². The van der Waals surface area contributed by atoms with E-state index in [1.807, 2.05) is 0 Å². The minimum Gasteiger partial charge on any atom is -0.155 e. The summed E-state index contributed by atoms with van der Waals surface area (Å²) in [6.45, 7) is 4.57. The van der Waals surface area contributed by atoms with Crippen LogP contribution in [-0.2, 0) is 0 Å². The summed E-state index contributed by atoms with van der Waals surface area (Å²) in [5.41, 5.74) is 0. The Morgan fingerprint density at radius 2 is 2.29 bits per heavy atom. The second-order valence-corrected chi connectivity index (χ2v) is 3.96. The van der Waals surface area contributed by atoms with Crippen molar-refractivity contribution in [2.75, 3.05) is 0 Å². The van der Waals surface area contributed by atoms with Crippen LogP contribution in [0.25, 0.3) is 0 Å². The zero-order valence-corrected chi connectivity index (χ0v) is 5.79. The number of rotatable bonds is 1. The second-order valence-electron chi connectivity index (χ2n) is 2.21. The maximum atomic E-state index is 2.30. The molecule has 1 heteroatoms. The normalized spacial score (nSPS) is 40.3. The molecule has 0 bridgehead atoms. The lowest BCUT2D eigenvalue weighted by Crippen LogP contribution is -2.22. The van der Waals surface area contributed by atoms with Gasteiger partial charge in [-0.2, -0.15) is 11.8 Å². The summed E-state index contributed by atoms with van der Waals surface area (Å²) in [6, 6.07) is 0. The van der Waals surface area contributed by atoms with Gasteiger partial charge in [0.1, 0.15) is 0 Å². The second kappa shape index (κ2) is 2.08. The molecule has 1 saturated heterocycles. The van der Waals surface area contributed by atoms with E-state index in [1.54, 1.807) is 0 Å². The third-order valence-electron chi connectivity index (χ3n) is 1.47. The first kappa shape index (κ1) is 5.49. The molecule has 0 aromatic heterocycles. The fraction of sp³-hybridized carbons (Fsp3) is 1.00. The van der Waals surface area contributed by atoms with Crippen molar-refractivity contribution in [3.63, 3.8) is 0 Å². The first-order valence-electron chi connectivity index (χ1n) is 2.98. The molecule has 0 spiro atoms. The smallest absolute Gasteiger partial charge is 0.00575 e. The van der Waals surface area contributed by atoms with Crippen molar-refractivity contribution in [1.82, 2.24) is 0 Å². The Hall–Kier alpha value is 0.350. The molecule has 1 rings (SSSR count). The van der Waals surface area contributed by atoms with Crippen molar-refractivity contribution >= 4 is 11.8 Å². The molecule has 0 aromatic carbocycles. The molecule has 0 aliphatic carbocycles. The Morgan fingerprint density at radius 3 is 2.43 bits per heavy atom. The van der Waals surface area contributed by atoms with Crippen LogP contribution in [0.5, 0.6) is 0 Å². The molecule has 0 saturated carbocycles. The number of hydrogen-bond donors (Lipinski definition) is 0. The molecule has 42 valence electrons. The predicted molar refractivity (Wildman–Crippen MR) is 35.7 cm³/mol. The van der Waals surface area contributed by atoms with Crippen molar-refractivity contribution in [2.45, 2.75) is 37.2 Å². The topological polar surface area (TPSA) is 0 Å².